The van der Waals surface area contributed by atoms with Gasteiger partial charge in [0.2, 0.25) is 0 Å². The monoisotopic (exact) mass is 402 g/mol. The van der Waals surface area contributed by atoms with Crippen LogP contribution in [-0.4, -0.2) is 50.2 Å². The average Bonchev–Trinajstić information content (AvgIpc) is 2.71. The lowest BCUT2D eigenvalue weighted by Crippen LogP contribution is -2.44. The first kappa shape index (κ1) is 18.6. The minimum Gasteiger partial charge on any atom is -0.314 e. The molecule has 1 saturated heterocycles. The molecule has 2 aromatic carbocycles. The fraction of sp³-hybridized carbons (Fsp3) is 0.350. The smallest absolute Gasteiger partial charge is 0.314 e. The highest BCUT2D eigenvalue weighted by molar-refractivity contribution is 7.88. The second-order valence-electron chi connectivity index (χ2n) is 6.68. The Morgan fingerprint density at radius 2 is 1.85 bits per heavy atom. The van der Waals surface area contributed by atoms with E-state index in [4.69, 9.17) is 11.6 Å². The van der Waals surface area contributed by atoms with E-state index in [1.165, 1.54) is 0 Å². The first-order valence-electron chi connectivity index (χ1n) is 9.28. The molecular weight excluding hydrogens is 380 g/mol. The fourth-order valence-corrected chi connectivity index (χ4v) is 5.46. The Hall–Kier alpha value is -1.73. The molecule has 0 aromatic heterocycles. The summed E-state index contributed by atoms with van der Waals surface area (Å²) >= 11 is 6.27. The van der Waals surface area contributed by atoms with Crippen LogP contribution < -0.4 is 10.2 Å². The van der Waals surface area contributed by atoms with Crippen molar-refractivity contribution in [3.63, 3.8) is 0 Å². The number of nitrogens with zero attached hydrogens (tertiary/aromatic N) is 3. The number of nitrogens with one attached hydrogen (secondary N) is 1. The normalized spacial score (nSPS) is 20.3. The molecule has 2 aromatic rings. The molecule has 2 heterocycles. The molecule has 0 saturated carbocycles. The predicted molar refractivity (Wildman–Crippen MR) is 111 cm³/mol. The molecule has 2 aliphatic heterocycles. The van der Waals surface area contributed by atoms with E-state index in [-0.39, 0.29) is 6.03 Å². The Morgan fingerprint density at radius 3 is 2.63 bits per heavy atom. The molecule has 2 amide bonds. The van der Waals surface area contributed by atoms with Crippen molar-refractivity contribution in [2.45, 2.75) is 16.2 Å². The zero-order valence-electron chi connectivity index (χ0n) is 15.1. The second-order valence-corrected chi connectivity index (χ2v) is 8.78. The van der Waals surface area contributed by atoms with Gasteiger partial charge in [-0.3, -0.25) is 4.90 Å². The molecule has 27 heavy (non-hydrogen) atoms. The summed E-state index contributed by atoms with van der Waals surface area (Å²) in [7, 11) is -0.623. The van der Waals surface area contributed by atoms with Gasteiger partial charge in [-0.15, -0.1) is 0 Å². The molecule has 0 radical (unpaired) electrons. The van der Waals surface area contributed by atoms with Gasteiger partial charge in [0.1, 0.15) is 0 Å². The first-order valence-corrected chi connectivity index (χ1v) is 10.8. The van der Waals surface area contributed by atoms with Gasteiger partial charge in [-0.25, -0.2) is 4.79 Å². The minimum atomic E-state index is -0.623. The van der Waals surface area contributed by atoms with Crippen molar-refractivity contribution in [1.82, 2.24) is 10.2 Å². The van der Waals surface area contributed by atoms with Gasteiger partial charge in [0, 0.05) is 47.5 Å². The quantitative estimate of drug-likeness (QED) is 0.827. The SMILES string of the molecule is O=C1N=S(c2ccccc2)c2cc(Cl)ccc2N1CCCN1CCNCC1. The number of piperazine rings is 1. The maximum atomic E-state index is 12.8. The van der Waals surface area contributed by atoms with Crippen molar-refractivity contribution in [3.8, 4) is 0 Å². The molecule has 0 aliphatic carbocycles. The van der Waals surface area contributed by atoms with Gasteiger partial charge in [-0.1, -0.05) is 29.8 Å². The molecule has 1 N–H and O–H groups in total. The van der Waals surface area contributed by atoms with Gasteiger partial charge in [-0.05, 0) is 54.0 Å². The van der Waals surface area contributed by atoms with Crippen LogP contribution >= 0.6 is 11.6 Å². The number of rotatable bonds is 5. The molecule has 2 aliphatic rings. The number of fused-ring (bicyclic) bond motifs is 1. The molecule has 142 valence electrons. The lowest BCUT2D eigenvalue weighted by molar-refractivity contribution is 0.237. The fourth-order valence-electron chi connectivity index (χ4n) is 3.48. The summed E-state index contributed by atoms with van der Waals surface area (Å²) in [5, 5.41) is 4.04. The van der Waals surface area contributed by atoms with Gasteiger partial charge >= 0.3 is 6.03 Å². The number of amides is 2. The highest BCUT2D eigenvalue weighted by Crippen LogP contribution is 2.35. The van der Waals surface area contributed by atoms with Gasteiger partial charge in [0.25, 0.3) is 0 Å². The summed E-state index contributed by atoms with van der Waals surface area (Å²) in [6.45, 7) is 5.90. The minimum absolute atomic E-state index is 0.155. The van der Waals surface area contributed by atoms with Gasteiger partial charge in [0.05, 0.1) is 5.69 Å². The molecule has 5 nitrogen and oxygen atoms in total. The van der Waals surface area contributed by atoms with E-state index >= 15 is 0 Å². The van der Waals surface area contributed by atoms with E-state index in [2.05, 4.69) is 14.6 Å². The van der Waals surface area contributed by atoms with Crippen molar-refractivity contribution in [2.24, 2.45) is 4.36 Å². The van der Waals surface area contributed by atoms with E-state index in [0.29, 0.717) is 11.6 Å². The summed E-state index contributed by atoms with van der Waals surface area (Å²) < 4.78 is 4.51. The third-order valence-electron chi connectivity index (χ3n) is 4.85. The van der Waals surface area contributed by atoms with Crippen LogP contribution in [-0.2, 0) is 10.7 Å². The number of hydrogen-bond acceptors (Lipinski definition) is 3. The topological polar surface area (TPSA) is 47.9 Å². The molecule has 1 unspecified atom stereocenters. The molecule has 0 spiro atoms. The van der Waals surface area contributed by atoms with Crippen LogP contribution in [0.4, 0.5) is 10.5 Å². The lowest BCUT2D eigenvalue weighted by Gasteiger charge is -2.31. The summed E-state index contributed by atoms with van der Waals surface area (Å²) in [5.74, 6) is 0. The largest absolute Gasteiger partial charge is 0.354 e. The van der Waals surface area contributed by atoms with Crippen molar-refractivity contribution in [3.05, 3.63) is 53.6 Å². The molecule has 0 bridgehead atoms. The number of carbonyl (C=O) groups is 1. The molecule has 1 fully saturated rings. The second kappa shape index (κ2) is 8.52. The Kier molecular flexibility index (Phi) is 5.88. The van der Waals surface area contributed by atoms with Gasteiger partial charge in [0.15, 0.2) is 0 Å². The number of anilines is 1. The van der Waals surface area contributed by atoms with Crippen LogP contribution in [0.2, 0.25) is 5.02 Å². The van der Waals surface area contributed by atoms with Crippen molar-refractivity contribution in [1.29, 1.82) is 0 Å². The highest BCUT2D eigenvalue weighted by Gasteiger charge is 2.27. The average molecular weight is 403 g/mol. The lowest BCUT2D eigenvalue weighted by atomic mass is 10.2. The zero-order chi connectivity index (χ0) is 18.6. The third kappa shape index (κ3) is 4.24. The van der Waals surface area contributed by atoms with Crippen LogP contribution in [0, 0.1) is 0 Å². The first-order chi connectivity index (χ1) is 13.2. The van der Waals surface area contributed by atoms with Gasteiger partial charge < -0.3 is 10.2 Å². The molecule has 7 heteroatoms. The van der Waals surface area contributed by atoms with E-state index in [1.54, 1.807) is 4.90 Å². The molecule has 1 atom stereocenters. The van der Waals surface area contributed by atoms with Crippen molar-refractivity contribution < 1.29 is 4.79 Å². The summed E-state index contributed by atoms with van der Waals surface area (Å²) in [6, 6.07) is 15.6. The highest BCUT2D eigenvalue weighted by atomic mass is 35.5. The number of hydrogen-bond donors (Lipinski definition) is 1. The van der Waals surface area contributed by atoms with Crippen LogP contribution in [0.1, 0.15) is 6.42 Å². The van der Waals surface area contributed by atoms with Crippen molar-refractivity contribution in [2.75, 3.05) is 44.2 Å². The van der Waals surface area contributed by atoms with Gasteiger partial charge in [-0.2, -0.15) is 4.36 Å². The number of halogens is 1. The van der Waals surface area contributed by atoms with Crippen LogP contribution in [0.3, 0.4) is 0 Å². The summed E-state index contributed by atoms with van der Waals surface area (Å²) in [6.07, 6.45) is 0.933. The van der Waals surface area contributed by atoms with Crippen LogP contribution in [0.5, 0.6) is 0 Å². The Balaban J connectivity index is 1.56. The van der Waals surface area contributed by atoms with E-state index in [0.717, 1.165) is 54.6 Å². The van der Waals surface area contributed by atoms with E-state index < -0.39 is 10.7 Å². The predicted octanol–water partition coefficient (Wildman–Crippen LogP) is 3.80. The Bertz CT molecular complexity index is 852. The number of benzene rings is 2. The Morgan fingerprint density at radius 1 is 1.07 bits per heavy atom. The molecular formula is C20H23ClN4OS. The van der Waals surface area contributed by atoms with E-state index in [1.807, 2.05) is 48.5 Å². The maximum Gasteiger partial charge on any atom is 0.354 e. The maximum absolute atomic E-state index is 12.8. The molecule has 4 rings (SSSR count). The van der Waals surface area contributed by atoms with Crippen LogP contribution in [0.25, 0.3) is 0 Å². The summed E-state index contributed by atoms with van der Waals surface area (Å²) in [5.41, 5.74) is 0.937. The Labute approximate surface area is 167 Å². The zero-order valence-corrected chi connectivity index (χ0v) is 16.7. The standard InChI is InChI=1S/C20H23ClN4OS/c21-16-7-8-18-19(15-16)27(17-5-2-1-3-6-17)23-20(26)25(18)12-4-11-24-13-9-22-10-14-24/h1-3,5-8,15,22H,4,9-14H2. The number of carbonyl (C=O) groups excluding carboxylic acids is 1. The van der Waals surface area contributed by atoms with Crippen molar-refractivity contribution >= 4 is 34.0 Å². The summed E-state index contributed by atoms with van der Waals surface area (Å²) in [4.78, 5) is 19.1. The van der Waals surface area contributed by atoms with E-state index in [9.17, 15) is 4.79 Å². The van der Waals surface area contributed by atoms with Crippen LogP contribution in [0.15, 0.2) is 62.7 Å². The third-order valence-corrected chi connectivity index (χ3v) is 6.89. The number of urea groups is 1.